The fraction of sp³-hybridized carbons (Fsp3) is 0.308. The molecule has 18 heavy (non-hydrogen) atoms. The molecule has 0 aliphatic heterocycles. The van der Waals surface area contributed by atoms with Gasteiger partial charge in [0.2, 0.25) is 0 Å². The van der Waals surface area contributed by atoms with Crippen LogP contribution in [0.1, 0.15) is 30.0 Å². The van der Waals surface area contributed by atoms with Crippen molar-refractivity contribution in [3.8, 4) is 5.75 Å². The van der Waals surface area contributed by atoms with Crippen LogP contribution in [0.5, 0.6) is 5.75 Å². The minimum absolute atomic E-state index is 0.125. The summed E-state index contributed by atoms with van der Waals surface area (Å²) in [5.74, 6) is 0.298. The molecular formula is C13H14FNO3. The zero-order chi connectivity index (χ0) is 13.1. The molecule has 5 heteroatoms. The van der Waals surface area contributed by atoms with Gasteiger partial charge in [0.25, 0.3) is 0 Å². The van der Waals surface area contributed by atoms with Gasteiger partial charge in [-0.3, -0.25) is 0 Å². The third kappa shape index (κ3) is 2.87. The molecular weight excluding hydrogens is 237 g/mol. The molecule has 0 saturated heterocycles. The number of ether oxygens (including phenoxy) is 1. The molecule has 1 unspecified atom stereocenters. The third-order valence-electron chi connectivity index (χ3n) is 2.49. The first kappa shape index (κ1) is 12.6. The Morgan fingerprint density at radius 2 is 2.22 bits per heavy atom. The molecule has 4 nitrogen and oxygen atoms in total. The van der Waals surface area contributed by atoms with E-state index >= 15 is 0 Å². The largest absolute Gasteiger partial charge is 0.484 e. The van der Waals surface area contributed by atoms with Gasteiger partial charge < -0.3 is 14.4 Å². The van der Waals surface area contributed by atoms with Crippen LogP contribution in [0.15, 0.2) is 28.8 Å². The molecule has 0 fully saturated rings. The van der Waals surface area contributed by atoms with Crippen LogP contribution in [-0.4, -0.2) is 10.3 Å². The molecule has 1 atom stereocenters. The summed E-state index contributed by atoms with van der Waals surface area (Å²) in [4.78, 5) is 0. The first-order valence-electron chi connectivity index (χ1n) is 5.59. The smallest absolute Gasteiger partial charge is 0.165 e. The van der Waals surface area contributed by atoms with E-state index in [2.05, 4.69) is 5.16 Å². The van der Waals surface area contributed by atoms with Gasteiger partial charge in [0.15, 0.2) is 11.6 Å². The predicted octanol–water partition coefficient (Wildman–Crippen LogP) is 2.75. The number of nitrogens with zero attached hydrogens (tertiary/aromatic N) is 1. The topological polar surface area (TPSA) is 55.5 Å². The number of rotatable bonds is 4. The van der Waals surface area contributed by atoms with Gasteiger partial charge in [-0.15, -0.1) is 0 Å². The zero-order valence-electron chi connectivity index (χ0n) is 10.2. The van der Waals surface area contributed by atoms with Crippen molar-refractivity contribution >= 4 is 0 Å². The van der Waals surface area contributed by atoms with E-state index in [-0.39, 0.29) is 12.4 Å². The average Bonchev–Trinajstić information content (AvgIpc) is 2.73. The SMILES string of the molecule is Cc1cc(COc2ccc(C(C)O)cc2F)no1. The van der Waals surface area contributed by atoms with E-state index in [0.29, 0.717) is 17.0 Å². The van der Waals surface area contributed by atoms with Crippen molar-refractivity contribution < 1.29 is 18.8 Å². The van der Waals surface area contributed by atoms with Gasteiger partial charge in [0, 0.05) is 6.07 Å². The van der Waals surface area contributed by atoms with E-state index in [1.807, 2.05) is 0 Å². The summed E-state index contributed by atoms with van der Waals surface area (Å²) in [7, 11) is 0. The highest BCUT2D eigenvalue weighted by Gasteiger charge is 2.09. The molecule has 1 aromatic carbocycles. The van der Waals surface area contributed by atoms with Crippen LogP contribution < -0.4 is 4.74 Å². The summed E-state index contributed by atoms with van der Waals surface area (Å²) in [6.07, 6.45) is -0.702. The van der Waals surface area contributed by atoms with Gasteiger partial charge in [-0.2, -0.15) is 0 Å². The Kier molecular flexibility index (Phi) is 3.62. The Labute approximate surface area is 104 Å². The lowest BCUT2D eigenvalue weighted by Gasteiger charge is -2.08. The number of aromatic nitrogens is 1. The summed E-state index contributed by atoms with van der Waals surface area (Å²) in [6, 6.07) is 6.09. The van der Waals surface area contributed by atoms with Crippen molar-refractivity contribution in [2.24, 2.45) is 0 Å². The van der Waals surface area contributed by atoms with Gasteiger partial charge in [-0.05, 0) is 31.5 Å². The van der Waals surface area contributed by atoms with E-state index in [1.54, 1.807) is 26.0 Å². The first-order valence-corrected chi connectivity index (χ1v) is 5.59. The van der Waals surface area contributed by atoms with Crippen LogP contribution in [0.4, 0.5) is 4.39 Å². The molecule has 0 spiro atoms. The number of aliphatic hydroxyl groups excluding tert-OH is 1. The Bertz CT molecular complexity index is 537. The monoisotopic (exact) mass is 251 g/mol. The van der Waals surface area contributed by atoms with E-state index in [4.69, 9.17) is 9.26 Å². The number of hydrogen-bond donors (Lipinski definition) is 1. The second-order valence-electron chi connectivity index (χ2n) is 4.08. The van der Waals surface area contributed by atoms with Crippen LogP contribution in [0.25, 0.3) is 0 Å². The lowest BCUT2D eigenvalue weighted by atomic mass is 10.1. The van der Waals surface area contributed by atoms with Gasteiger partial charge in [-0.1, -0.05) is 11.2 Å². The number of halogens is 1. The van der Waals surface area contributed by atoms with E-state index in [1.165, 1.54) is 12.1 Å². The predicted molar refractivity (Wildman–Crippen MR) is 62.6 cm³/mol. The third-order valence-corrected chi connectivity index (χ3v) is 2.49. The van der Waals surface area contributed by atoms with E-state index < -0.39 is 11.9 Å². The van der Waals surface area contributed by atoms with Crippen LogP contribution in [0.2, 0.25) is 0 Å². The summed E-state index contributed by atoms with van der Waals surface area (Å²) < 4.78 is 23.8. The first-order chi connectivity index (χ1) is 8.56. The Morgan fingerprint density at radius 1 is 1.44 bits per heavy atom. The second kappa shape index (κ2) is 5.18. The second-order valence-corrected chi connectivity index (χ2v) is 4.08. The minimum atomic E-state index is -0.702. The normalized spacial score (nSPS) is 12.4. The number of aryl methyl sites for hydroxylation is 1. The highest BCUT2D eigenvalue weighted by molar-refractivity contribution is 5.30. The maximum absolute atomic E-state index is 13.6. The molecule has 1 aromatic heterocycles. The molecule has 2 aromatic rings. The molecule has 1 heterocycles. The molecule has 1 N–H and O–H groups in total. The quantitative estimate of drug-likeness (QED) is 0.907. The van der Waals surface area contributed by atoms with Crippen molar-refractivity contribution in [2.45, 2.75) is 26.6 Å². The van der Waals surface area contributed by atoms with Gasteiger partial charge in [0.1, 0.15) is 18.1 Å². The molecule has 0 saturated carbocycles. The lowest BCUT2D eigenvalue weighted by Crippen LogP contribution is -1.99. The van der Waals surface area contributed by atoms with Crippen molar-refractivity contribution in [1.82, 2.24) is 5.16 Å². The fourth-order valence-electron chi connectivity index (χ4n) is 1.53. The Hall–Kier alpha value is -1.88. The molecule has 0 bridgehead atoms. The van der Waals surface area contributed by atoms with Crippen molar-refractivity contribution in [2.75, 3.05) is 0 Å². The number of hydrogen-bond acceptors (Lipinski definition) is 4. The Balaban J connectivity index is 2.05. The summed E-state index contributed by atoms with van der Waals surface area (Å²) in [6.45, 7) is 3.49. The zero-order valence-corrected chi connectivity index (χ0v) is 10.2. The van der Waals surface area contributed by atoms with Crippen LogP contribution in [0.3, 0.4) is 0 Å². The van der Waals surface area contributed by atoms with Crippen molar-refractivity contribution in [3.05, 3.63) is 47.1 Å². The molecule has 0 aliphatic rings. The summed E-state index contributed by atoms with van der Waals surface area (Å²) in [5, 5.41) is 13.1. The molecule has 2 rings (SSSR count). The molecule has 0 aliphatic carbocycles. The van der Waals surface area contributed by atoms with Gasteiger partial charge in [0.05, 0.1) is 6.10 Å². The Morgan fingerprint density at radius 3 is 2.78 bits per heavy atom. The molecule has 0 amide bonds. The van der Waals surface area contributed by atoms with Gasteiger partial charge >= 0.3 is 0 Å². The van der Waals surface area contributed by atoms with E-state index in [9.17, 15) is 9.50 Å². The van der Waals surface area contributed by atoms with Crippen LogP contribution >= 0.6 is 0 Å². The van der Waals surface area contributed by atoms with Crippen molar-refractivity contribution in [1.29, 1.82) is 0 Å². The maximum atomic E-state index is 13.6. The van der Waals surface area contributed by atoms with Crippen molar-refractivity contribution in [3.63, 3.8) is 0 Å². The maximum Gasteiger partial charge on any atom is 0.165 e. The fourth-order valence-corrected chi connectivity index (χ4v) is 1.53. The summed E-state index contributed by atoms with van der Waals surface area (Å²) in [5.41, 5.74) is 1.11. The van der Waals surface area contributed by atoms with Crippen LogP contribution in [0, 0.1) is 12.7 Å². The van der Waals surface area contributed by atoms with Gasteiger partial charge in [-0.25, -0.2) is 4.39 Å². The average molecular weight is 251 g/mol. The molecule has 96 valence electrons. The van der Waals surface area contributed by atoms with Crippen LogP contribution in [-0.2, 0) is 6.61 Å². The summed E-state index contributed by atoms with van der Waals surface area (Å²) >= 11 is 0. The number of aliphatic hydroxyl groups is 1. The van der Waals surface area contributed by atoms with E-state index in [0.717, 1.165) is 0 Å². The minimum Gasteiger partial charge on any atom is -0.484 e. The lowest BCUT2D eigenvalue weighted by molar-refractivity contribution is 0.198. The highest BCUT2D eigenvalue weighted by Crippen LogP contribution is 2.22. The highest BCUT2D eigenvalue weighted by atomic mass is 19.1. The standard InChI is InChI=1S/C13H14FNO3/c1-8-5-11(15-18-8)7-17-13-4-3-10(9(2)16)6-12(13)14/h3-6,9,16H,7H2,1-2H3. The number of benzene rings is 1. The molecule has 0 radical (unpaired) electrons.